The molecule has 3 aromatic rings. The van der Waals surface area contributed by atoms with Crippen molar-refractivity contribution in [3.63, 3.8) is 0 Å². The van der Waals surface area contributed by atoms with Gasteiger partial charge in [0.2, 0.25) is 5.88 Å². The van der Waals surface area contributed by atoms with Crippen molar-refractivity contribution in [2.24, 2.45) is 0 Å². The number of aromatic nitrogens is 5. The van der Waals surface area contributed by atoms with Crippen LogP contribution in [0.2, 0.25) is 0 Å². The Morgan fingerprint density at radius 2 is 2.00 bits per heavy atom. The lowest BCUT2D eigenvalue weighted by molar-refractivity contribution is 0.461. The van der Waals surface area contributed by atoms with Gasteiger partial charge in [-0.15, -0.1) is 5.10 Å². The molecule has 84 valence electrons. The molecular formula is C11H9N5O. The number of ether oxygens (including phenoxy) is 1. The van der Waals surface area contributed by atoms with Crippen LogP contribution in [0.1, 0.15) is 5.56 Å². The standard InChI is InChI=1S/C11H9N5O/c1-8-2-4-9(5-3-8)17-11-6-10-13-14-15-16(10)7-12-11/h2-7H,1H3. The summed E-state index contributed by atoms with van der Waals surface area (Å²) < 4.78 is 7.07. The second-order valence-electron chi connectivity index (χ2n) is 3.62. The molecule has 0 N–H and O–H groups in total. The Morgan fingerprint density at radius 3 is 2.82 bits per heavy atom. The highest BCUT2D eigenvalue weighted by atomic mass is 16.5. The van der Waals surface area contributed by atoms with E-state index in [9.17, 15) is 0 Å². The highest BCUT2D eigenvalue weighted by Gasteiger charge is 2.02. The molecule has 0 atom stereocenters. The summed E-state index contributed by atoms with van der Waals surface area (Å²) in [4.78, 5) is 4.10. The third-order valence-electron chi connectivity index (χ3n) is 2.31. The number of benzene rings is 1. The van der Waals surface area contributed by atoms with Crippen LogP contribution in [-0.2, 0) is 0 Å². The third kappa shape index (κ3) is 1.92. The van der Waals surface area contributed by atoms with E-state index in [0.29, 0.717) is 11.5 Å². The molecule has 6 heteroatoms. The largest absolute Gasteiger partial charge is 0.439 e. The summed E-state index contributed by atoms with van der Waals surface area (Å²) in [6.07, 6.45) is 1.51. The summed E-state index contributed by atoms with van der Waals surface area (Å²) in [7, 11) is 0. The van der Waals surface area contributed by atoms with Crippen molar-refractivity contribution in [1.82, 2.24) is 25.0 Å². The second-order valence-corrected chi connectivity index (χ2v) is 3.62. The summed E-state index contributed by atoms with van der Waals surface area (Å²) >= 11 is 0. The lowest BCUT2D eigenvalue weighted by atomic mass is 10.2. The Balaban J connectivity index is 1.91. The maximum Gasteiger partial charge on any atom is 0.224 e. The van der Waals surface area contributed by atoms with Gasteiger partial charge in [-0.25, -0.2) is 4.98 Å². The van der Waals surface area contributed by atoms with Gasteiger partial charge < -0.3 is 4.74 Å². The zero-order valence-electron chi connectivity index (χ0n) is 9.11. The van der Waals surface area contributed by atoms with Gasteiger partial charge in [0, 0.05) is 6.07 Å². The molecule has 0 radical (unpaired) electrons. The Labute approximate surface area is 96.9 Å². The van der Waals surface area contributed by atoms with E-state index in [1.165, 1.54) is 16.4 Å². The third-order valence-corrected chi connectivity index (χ3v) is 2.31. The van der Waals surface area contributed by atoms with Gasteiger partial charge in [0.05, 0.1) is 0 Å². The van der Waals surface area contributed by atoms with Crippen LogP contribution in [0.15, 0.2) is 36.7 Å². The Kier molecular flexibility index (Phi) is 2.18. The van der Waals surface area contributed by atoms with Crippen molar-refractivity contribution in [3.8, 4) is 11.6 Å². The highest BCUT2D eigenvalue weighted by Crippen LogP contribution is 2.19. The predicted molar refractivity (Wildman–Crippen MR) is 59.8 cm³/mol. The molecule has 6 nitrogen and oxygen atoms in total. The van der Waals surface area contributed by atoms with E-state index in [4.69, 9.17) is 4.74 Å². The Morgan fingerprint density at radius 1 is 1.18 bits per heavy atom. The Hall–Kier alpha value is -2.50. The quantitative estimate of drug-likeness (QED) is 0.665. The SMILES string of the molecule is Cc1ccc(Oc2cc3nnnn3cn2)cc1. The van der Waals surface area contributed by atoms with Crippen LogP contribution in [0, 0.1) is 6.92 Å². The van der Waals surface area contributed by atoms with Crippen LogP contribution >= 0.6 is 0 Å². The summed E-state index contributed by atoms with van der Waals surface area (Å²) in [6.45, 7) is 2.02. The molecule has 0 aliphatic carbocycles. The van der Waals surface area contributed by atoms with E-state index in [1.807, 2.05) is 31.2 Å². The van der Waals surface area contributed by atoms with E-state index in [2.05, 4.69) is 20.5 Å². The zero-order valence-corrected chi connectivity index (χ0v) is 9.11. The van der Waals surface area contributed by atoms with Crippen molar-refractivity contribution in [3.05, 3.63) is 42.2 Å². The maximum absolute atomic E-state index is 5.59. The number of hydrogen-bond acceptors (Lipinski definition) is 5. The van der Waals surface area contributed by atoms with Crippen LogP contribution in [0.4, 0.5) is 0 Å². The van der Waals surface area contributed by atoms with Gasteiger partial charge in [-0.2, -0.15) is 4.52 Å². The molecule has 0 fully saturated rings. The van der Waals surface area contributed by atoms with Crippen molar-refractivity contribution in [1.29, 1.82) is 0 Å². The minimum Gasteiger partial charge on any atom is -0.439 e. The lowest BCUT2D eigenvalue weighted by Gasteiger charge is -2.04. The number of aryl methyl sites for hydroxylation is 1. The molecule has 0 saturated heterocycles. The molecule has 0 bridgehead atoms. The predicted octanol–water partition coefficient (Wildman–Crippen LogP) is 1.62. The first-order valence-corrected chi connectivity index (χ1v) is 5.09. The van der Waals surface area contributed by atoms with Gasteiger partial charge in [-0.1, -0.05) is 17.7 Å². The number of rotatable bonds is 2. The van der Waals surface area contributed by atoms with E-state index >= 15 is 0 Å². The van der Waals surface area contributed by atoms with Gasteiger partial charge in [0.1, 0.15) is 12.1 Å². The molecule has 0 unspecified atom stereocenters. The average Bonchev–Trinajstić information content (AvgIpc) is 2.79. The first-order valence-electron chi connectivity index (χ1n) is 5.09. The number of hydrogen-bond donors (Lipinski definition) is 0. The number of nitrogens with zero attached hydrogens (tertiary/aromatic N) is 5. The van der Waals surface area contributed by atoms with Crippen molar-refractivity contribution < 1.29 is 4.74 Å². The lowest BCUT2D eigenvalue weighted by Crippen LogP contribution is -1.93. The molecule has 2 aromatic heterocycles. The number of fused-ring (bicyclic) bond motifs is 1. The van der Waals surface area contributed by atoms with Gasteiger partial charge in [0.25, 0.3) is 0 Å². The number of tetrazole rings is 1. The molecule has 0 saturated carbocycles. The first kappa shape index (κ1) is 9.71. The van der Waals surface area contributed by atoms with Crippen LogP contribution in [-0.4, -0.2) is 25.0 Å². The van der Waals surface area contributed by atoms with Crippen LogP contribution in [0.3, 0.4) is 0 Å². The van der Waals surface area contributed by atoms with Gasteiger partial charge in [-0.3, -0.25) is 0 Å². The van der Waals surface area contributed by atoms with E-state index in [1.54, 1.807) is 6.07 Å². The minimum atomic E-state index is 0.469. The van der Waals surface area contributed by atoms with Crippen LogP contribution in [0.25, 0.3) is 5.65 Å². The minimum absolute atomic E-state index is 0.469. The van der Waals surface area contributed by atoms with E-state index < -0.39 is 0 Å². The van der Waals surface area contributed by atoms with Crippen molar-refractivity contribution >= 4 is 5.65 Å². The Bertz CT molecular complexity index is 646. The maximum atomic E-state index is 5.59. The molecular weight excluding hydrogens is 218 g/mol. The fourth-order valence-electron chi connectivity index (χ4n) is 1.42. The van der Waals surface area contributed by atoms with Gasteiger partial charge in [-0.05, 0) is 29.5 Å². The molecule has 0 aliphatic rings. The molecule has 0 spiro atoms. The van der Waals surface area contributed by atoms with E-state index in [-0.39, 0.29) is 0 Å². The average molecular weight is 227 g/mol. The molecule has 3 rings (SSSR count). The first-order chi connectivity index (χ1) is 8.31. The fraction of sp³-hybridized carbons (Fsp3) is 0.0909. The summed E-state index contributed by atoms with van der Waals surface area (Å²) in [5.41, 5.74) is 1.78. The summed E-state index contributed by atoms with van der Waals surface area (Å²) in [5.74, 6) is 1.20. The summed E-state index contributed by atoms with van der Waals surface area (Å²) in [5, 5.41) is 11.1. The normalized spacial score (nSPS) is 10.6. The topological polar surface area (TPSA) is 65.2 Å². The molecule has 0 aliphatic heterocycles. The molecule has 2 heterocycles. The van der Waals surface area contributed by atoms with Crippen molar-refractivity contribution in [2.75, 3.05) is 0 Å². The van der Waals surface area contributed by atoms with Crippen LogP contribution in [0.5, 0.6) is 11.6 Å². The molecule has 1 aromatic carbocycles. The van der Waals surface area contributed by atoms with Crippen molar-refractivity contribution in [2.45, 2.75) is 6.92 Å². The van der Waals surface area contributed by atoms with Gasteiger partial charge >= 0.3 is 0 Å². The van der Waals surface area contributed by atoms with Gasteiger partial charge in [0.15, 0.2) is 5.65 Å². The smallest absolute Gasteiger partial charge is 0.224 e. The second kappa shape index (κ2) is 3.82. The molecule has 17 heavy (non-hydrogen) atoms. The van der Waals surface area contributed by atoms with E-state index in [0.717, 1.165) is 5.75 Å². The molecule has 0 amide bonds. The monoisotopic (exact) mass is 227 g/mol. The zero-order chi connectivity index (χ0) is 11.7. The van der Waals surface area contributed by atoms with Crippen LogP contribution < -0.4 is 4.74 Å². The highest BCUT2D eigenvalue weighted by molar-refractivity contribution is 5.39. The summed E-state index contributed by atoms with van der Waals surface area (Å²) in [6, 6.07) is 9.42. The fourth-order valence-corrected chi connectivity index (χ4v) is 1.42.